The first kappa shape index (κ1) is 22.6. The van der Waals surface area contributed by atoms with Gasteiger partial charge in [0.15, 0.2) is 0 Å². The molecule has 2 aliphatic rings. The molecular formula is C16H19N5O8S2. The minimum absolute atomic E-state index is 0.0482. The standard InChI is InChI=1S/C16H19N5O8S2/c1-2-19-5-6-20(15(25)14(19)24)16(26)18-11(10-4-3-7-30-10)12(22)17-9-8-21(13(9)23)31(27,28)29/h3-4,7,9,11H,2,5-6,8H2,1H3,(H,17,22)(H,18,26)(H,27,28,29)/t9-,11?/m0/s1. The lowest BCUT2D eigenvalue weighted by molar-refractivity contribution is -0.153. The summed E-state index contributed by atoms with van der Waals surface area (Å²) in [6, 6.07) is -0.292. The molecule has 6 amide bonds. The predicted octanol–water partition coefficient (Wildman–Crippen LogP) is -1.68. The van der Waals surface area contributed by atoms with E-state index in [2.05, 4.69) is 10.6 Å². The van der Waals surface area contributed by atoms with Gasteiger partial charge in [-0.3, -0.25) is 28.6 Å². The van der Waals surface area contributed by atoms with Crippen LogP contribution in [0.3, 0.4) is 0 Å². The van der Waals surface area contributed by atoms with Crippen molar-refractivity contribution in [2.24, 2.45) is 0 Å². The molecule has 0 spiro atoms. The van der Waals surface area contributed by atoms with E-state index >= 15 is 0 Å². The Balaban J connectivity index is 1.70. The highest BCUT2D eigenvalue weighted by atomic mass is 32.2. The molecule has 3 rings (SSSR count). The molecule has 0 aliphatic carbocycles. The van der Waals surface area contributed by atoms with Crippen molar-refractivity contribution in [1.29, 1.82) is 0 Å². The molecule has 2 atom stereocenters. The number of hydrogen-bond donors (Lipinski definition) is 3. The average Bonchev–Trinajstić information content (AvgIpc) is 3.23. The highest BCUT2D eigenvalue weighted by Gasteiger charge is 2.45. The molecule has 2 saturated heterocycles. The molecule has 0 radical (unpaired) electrons. The zero-order valence-electron chi connectivity index (χ0n) is 16.2. The van der Waals surface area contributed by atoms with Crippen LogP contribution in [0.4, 0.5) is 4.79 Å². The number of β-lactam (4-membered cyclic amide) rings is 1. The number of carbonyl (C=O) groups excluding carboxylic acids is 5. The van der Waals surface area contributed by atoms with Crippen molar-refractivity contribution in [3.05, 3.63) is 22.4 Å². The van der Waals surface area contributed by atoms with E-state index < -0.39 is 58.6 Å². The van der Waals surface area contributed by atoms with Gasteiger partial charge in [0.2, 0.25) is 5.91 Å². The largest absolute Gasteiger partial charge is 0.362 e. The van der Waals surface area contributed by atoms with Gasteiger partial charge in [-0.05, 0) is 18.4 Å². The van der Waals surface area contributed by atoms with Crippen molar-refractivity contribution in [3.63, 3.8) is 0 Å². The summed E-state index contributed by atoms with van der Waals surface area (Å²) in [5, 5.41) is 6.34. The number of likely N-dealkylation sites (N-methyl/N-ethyl adjacent to an activating group) is 1. The Morgan fingerprint density at radius 1 is 1.26 bits per heavy atom. The van der Waals surface area contributed by atoms with E-state index in [9.17, 15) is 32.4 Å². The monoisotopic (exact) mass is 473 g/mol. The third-order valence-corrected chi connectivity index (χ3v) is 6.60. The first-order valence-electron chi connectivity index (χ1n) is 9.08. The fourth-order valence-corrected chi connectivity index (χ4v) is 4.52. The van der Waals surface area contributed by atoms with E-state index in [1.165, 1.54) is 4.90 Å². The summed E-state index contributed by atoms with van der Waals surface area (Å²) in [7, 11) is -4.71. The molecule has 13 nitrogen and oxygen atoms in total. The van der Waals surface area contributed by atoms with Crippen molar-refractivity contribution in [2.75, 3.05) is 26.2 Å². The number of amides is 6. The molecule has 0 aromatic carbocycles. The number of urea groups is 1. The lowest BCUT2D eigenvalue weighted by atomic mass is 10.1. The smallest absolute Gasteiger partial charge is 0.340 e. The normalized spacial score (nSPS) is 20.4. The van der Waals surface area contributed by atoms with Crippen LogP contribution in [0, 0.1) is 0 Å². The molecule has 3 N–H and O–H groups in total. The van der Waals surface area contributed by atoms with Crippen molar-refractivity contribution in [3.8, 4) is 0 Å². The van der Waals surface area contributed by atoms with Crippen LogP contribution in [0.5, 0.6) is 0 Å². The molecule has 3 heterocycles. The number of nitrogens with one attached hydrogen (secondary N) is 2. The van der Waals surface area contributed by atoms with Gasteiger partial charge >= 0.3 is 28.1 Å². The van der Waals surface area contributed by atoms with E-state index in [4.69, 9.17) is 4.55 Å². The molecule has 31 heavy (non-hydrogen) atoms. The number of rotatable bonds is 6. The summed E-state index contributed by atoms with van der Waals surface area (Å²) >= 11 is 1.13. The summed E-state index contributed by atoms with van der Waals surface area (Å²) in [5.74, 6) is -3.70. The van der Waals surface area contributed by atoms with Crippen molar-refractivity contribution >= 4 is 51.3 Å². The van der Waals surface area contributed by atoms with E-state index in [-0.39, 0.29) is 17.4 Å². The van der Waals surface area contributed by atoms with Crippen molar-refractivity contribution in [1.82, 2.24) is 24.7 Å². The fourth-order valence-electron chi connectivity index (χ4n) is 3.06. The van der Waals surface area contributed by atoms with E-state index in [0.717, 1.165) is 11.3 Å². The minimum atomic E-state index is -4.71. The van der Waals surface area contributed by atoms with Crippen LogP contribution in [0.2, 0.25) is 0 Å². The molecule has 15 heteroatoms. The van der Waals surface area contributed by atoms with Crippen LogP contribution in [-0.2, 0) is 29.5 Å². The third-order valence-electron chi connectivity index (χ3n) is 4.78. The van der Waals surface area contributed by atoms with Gasteiger partial charge in [0, 0.05) is 24.5 Å². The third kappa shape index (κ3) is 4.52. The highest BCUT2D eigenvalue weighted by Crippen LogP contribution is 2.22. The Kier molecular flexibility index (Phi) is 6.28. The minimum Gasteiger partial charge on any atom is -0.340 e. The Labute approximate surface area is 180 Å². The first-order valence-corrected chi connectivity index (χ1v) is 11.4. The van der Waals surface area contributed by atoms with Crippen molar-refractivity contribution in [2.45, 2.75) is 19.0 Å². The maximum absolute atomic E-state index is 12.7. The van der Waals surface area contributed by atoms with E-state index in [0.29, 0.717) is 16.3 Å². The SMILES string of the molecule is CCN1CCN(C(=O)NC(C(=O)N[C@H]2CN(S(=O)(=O)O)C2=O)c2cccs2)C(=O)C1=O. The molecule has 1 unspecified atom stereocenters. The molecule has 0 saturated carbocycles. The van der Waals surface area contributed by atoms with Gasteiger partial charge in [-0.1, -0.05) is 6.07 Å². The quantitative estimate of drug-likeness (QED) is 0.249. The van der Waals surface area contributed by atoms with Gasteiger partial charge in [-0.2, -0.15) is 8.42 Å². The summed E-state index contributed by atoms with van der Waals surface area (Å²) in [6.45, 7) is 1.67. The van der Waals surface area contributed by atoms with Gasteiger partial charge < -0.3 is 15.5 Å². The molecule has 2 aliphatic heterocycles. The maximum atomic E-state index is 12.7. The Morgan fingerprint density at radius 2 is 1.97 bits per heavy atom. The van der Waals surface area contributed by atoms with Crippen LogP contribution in [-0.4, -0.2) is 89.0 Å². The van der Waals surface area contributed by atoms with Gasteiger partial charge in [0.1, 0.15) is 12.1 Å². The van der Waals surface area contributed by atoms with E-state index in [1.54, 1.807) is 24.4 Å². The summed E-state index contributed by atoms with van der Waals surface area (Å²) in [4.78, 5) is 63.8. The van der Waals surface area contributed by atoms with Crippen LogP contribution >= 0.6 is 11.3 Å². The summed E-state index contributed by atoms with van der Waals surface area (Å²) < 4.78 is 31.1. The molecule has 1 aromatic rings. The van der Waals surface area contributed by atoms with Crippen LogP contribution in [0.1, 0.15) is 17.8 Å². The lowest BCUT2D eigenvalue weighted by Gasteiger charge is -2.36. The maximum Gasteiger partial charge on any atom is 0.362 e. The lowest BCUT2D eigenvalue weighted by Crippen LogP contribution is -2.66. The molecule has 0 bridgehead atoms. The number of piperazine rings is 1. The Bertz CT molecular complexity index is 1020. The molecular weight excluding hydrogens is 454 g/mol. The second-order valence-electron chi connectivity index (χ2n) is 6.65. The van der Waals surface area contributed by atoms with Gasteiger partial charge in [-0.15, -0.1) is 11.3 Å². The topological polar surface area (TPSA) is 173 Å². The first-order chi connectivity index (χ1) is 14.5. The Hall–Kier alpha value is -3.04. The fraction of sp³-hybridized carbons (Fsp3) is 0.438. The second kappa shape index (κ2) is 8.60. The zero-order valence-corrected chi connectivity index (χ0v) is 17.8. The number of carbonyl (C=O) groups is 5. The van der Waals surface area contributed by atoms with Gasteiger partial charge in [0.05, 0.1) is 6.54 Å². The van der Waals surface area contributed by atoms with Crippen LogP contribution in [0.15, 0.2) is 17.5 Å². The van der Waals surface area contributed by atoms with Crippen LogP contribution in [0.25, 0.3) is 0 Å². The van der Waals surface area contributed by atoms with Gasteiger partial charge in [0.25, 0.3) is 5.91 Å². The summed E-state index contributed by atoms with van der Waals surface area (Å²) in [6.07, 6.45) is 0. The molecule has 1 aromatic heterocycles. The number of hydrogen-bond acceptors (Lipinski definition) is 8. The van der Waals surface area contributed by atoms with Crippen LogP contribution < -0.4 is 10.6 Å². The number of thiophene rings is 1. The Morgan fingerprint density at radius 3 is 2.52 bits per heavy atom. The van der Waals surface area contributed by atoms with Crippen molar-refractivity contribution < 1.29 is 36.9 Å². The number of imide groups is 1. The summed E-state index contributed by atoms with van der Waals surface area (Å²) in [5.41, 5.74) is 0. The zero-order chi connectivity index (χ0) is 22.9. The second-order valence-corrected chi connectivity index (χ2v) is 8.96. The molecule has 2 fully saturated rings. The average molecular weight is 473 g/mol. The highest BCUT2D eigenvalue weighted by molar-refractivity contribution is 7.84. The number of nitrogens with zero attached hydrogens (tertiary/aromatic N) is 3. The van der Waals surface area contributed by atoms with Gasteiger partial charge in [-0.25, -0.2) is 9.10 Å². The predicted molar refractivity (Wildman–Crippen MR) is 105 cm³/mol. The van der Waals surface area contributed by atoms with E-state index in [1.807, 2.05) is 0 Å². The molecule has 168 valence electrons.